The molecule has 0 unspecified atom stereocenters. The summed E-state index contributed by atoms with van der Waals surface area (Å²) in [5.41, 5.74) is 0. The van der Waals surface area contributed by atoms with E-state index < -0.39 is 12.2 Å². The SMILES string of the molecule is CC(C)NC(=O)[C@@H]1CC[C@@H](NC(=O)O)CO1. The molecule has 1 rings (SSSR count). The first kappa shape index (κ1) is 12.8. The molecule has 0 aromatic carbocycles. The van der Waals surface area contributed by atoms with Crippen LogP contribution in [0.25, 0.3) is 0 Å². The number of hydrogen-bond acceptors (Lipinski definition) is 3. The maximum absolute atomic E-state index is 11.6. The Kier molecular flexibility index (Phi) is 4.54. The maximum Gasteiger partial charge on any atom is 0.404 e. The van der Waals surface area contributed by atoms with Gasteiger partial charge in [-0.3, -0.25) is 4.79 Å². The first-order chi connectivity index (χ1) is 7.49. The molecule has 2 amide bonds. The summed E-state index contributed by atoms with van der Waals surface area (Å²) in [6.07, 6.45) is -0.334. The summed E-state index contributed by atoms with van der Waals surface area (Å²) in [6, 6.07) is -0.119. The summed E-state index contributed by atoms with van der Waals surface area (Å²) in [6.45, 7) is 4.02. The van der Waals surface area contributed by atoms with E-state index in [9.17, 15) is 9.59 Å². The number of carbonyl (C=O) groups excluding carboxylic acids is 1. The normalized spacial score (nSPS) is 25.2. The molecule has 1 aliphatic heterocycles. The highest BCUT2D eigenvalue weighted by atomic mass is 16.5. The van der Waals surface area contributed by atoms with Gasteiger partial charge in [-0.1, -0.05) is 0 Å². The summed E-state index contributed by atoms with van der Waals surface area (Å²) >= 11 is 0. The molecule has 0 aromatic rings. The Hall–Kier alpha value is -1.30. The molecule has 1 aliphatic rings. The van der Waals surface area contributed by atoms with Crippen LogP contribution in [-0.4, -0.2) is 41.9 Å². The third-order valence-electron chi connectivity index (χ3n) is 2.33. The van der Waals surface area contributed by atoms with Gasteiger partial charge < -0.3 is 20.5 Å². The van der Waals surface area contributed by atoms with Crippen LogP contribution >= 0.6 is 0 Å². The lowest BCUT2D eigenvalue weighted by Crippen LogP contribution is -2.47. The van der Waals surface area contributed by atoms with Gasteiger partial charge in [0.15, 0.2) is 0 Å². The van der Waals surface area contributed by atoms with Gasteiger partial charge in [-0.25, -0.2) is 4.79 Å². The van der Waals surface area contributed by atoms with Gasteiger partial charge in [0.25, 0.3) is 0 Å². The Morgan fingerprint density at radius 1 is 1.38 bits per heavy atom. The van der Waals surface area contributed by atoms with E-state index in [1.54, 1.807) is 0 Å². The fourth-order valence-electron chi connectivity index (χ4n) is 1.62. The van der Waals surface area contributed by atoms with E-state index >= 15 is 0 Å². The van der Waals surface area contributed by atoms with Crippen LogP contribution in [0, 0.1) is 0 Å². The lowest BCUT2D eigenvalue weighted by molar-refractivity contribution is -0.136. The van der Waals surface area contributed by atoms with Crippen molar-refractivity contribution in [2.75, 3.05) is 6.61 Å². The van der Waals surface area contributed by atoms with Crippen molar-refractivity contribution < 1.29 is 19.4 Å². The summed E-state index contributed by atoms with van der Waals surface area (Å²) in [5, 5.41) is 13.6. The number of amides is 2. The number of rotatable bonds is 3. The molecule has 16 heavy (non-hydrogen) atoms. The second-order valence-electron chi connectivity index (χ2n) is 4.21. The quantitative estimate of drug-likeness (QED) is 0.651. The van der Waals surface area contributed by atoms with Gasteiger partial charge in [0.2, 0.25) is 5.91 Å². The van der Waals surface area contributed by atoms with Crippen LogP contribution in [0.15, 0.2) is 0 Å². The average molecular weight is 230 g/mol. The number of carbonyl (C=O) groups is 2. The molecule has 6 nitrogen and oxygen atoms in total. The summed E-state index contributed by atoms with van der Waals surface area (Å²) in [5.74, 6) is -0.122. The first-order valence-electron chi connectivity index (χ1n) is 5.40. The fourth-order valence-corrected chi connectivity index (χ4v) is 1.62. The highest BCUT2D eigenvalue weighted by Crippen LogP contribution is 2.13. The van der Waals surface area contributed by atoms with Crippen molar-refractivity contribution in [1.82, 2.24) is 10.6 Å². The predicted octanol–water partition coefficient (Wildman–Crippen LogP) is 0.326. The minimum Gasteiger partial charge on any atom is -0.465 e. The first-order valence-corrected chi connectivity index (χ1v) is 5.40. The van der Waals surface area contributed by atoms with Gasteiger partial charge in [-0.15, -0.1) is 0 Å². The Morgan fingerprint density at radius 3 is 2.50 bits per heavy atom. The van der Waals surface area contributed by atoms with E-state index in [1.165, 1.54) is 0 Å². The van der Waals surface area contributed by atoms with Crippen LogP contribution < -0.4 is 10.6 Å². The molecule has 0 aromatic heterocycles. The molecule has 0 bridgehead atoms. The standard InChI is InChI=1S/C10H18N2O4/c1-6(2)11-9(13)8-4-3-7(5-16-8)12-10(14)15/h6-8,12H,3-5H2,1-2H3,(H,11,13)(H,14,15)/t7-,8+/m1/s1. The van der Waals surface area contributed by atoms with Crippen molar-refractivity contribution in [2.45, 2.75) is 44.9 Å². The number of nitrogens with one attached hydrogen (secondary N) is 2. The van der Waals surface area contributed by atoms with Crippen molar-refractivity contribution in [1.29, 1.82) is 0 Å². The molecule has 92 valence electrons. The Labute approximate surface area is 94.3 Å². The lowest BCUT2D eigenvalue weighted by Gasteiger charge is -2.28. The van der Waals surface area contributed by atoms with Gasteiger partial charge in [-0.05, 0) is 26.7 Å². The van der Waals surface area contributed by atoms with Gasteiger partial charge >= 0.3 is 6.09 Å². The van der Waals surface area contributed by atoms with Crippen molar-refractivity contribution in [3.8, 4) is 0 Å². The molecule has 1 saturated heterocycles. The summed E-state index contributed by atoms with van der Waals surface area (Å²) in [7, 11) is 0. The van der Waals surface area contributed by atoms with Crippen molar-refractivity contribution in [2.24, 2.45) is 0 Å². The van der Waals surface area contributed by atoms with E-state index in [0.29, 0.717) is 12.8 Å². The molecule has 1 fully saturated rings. The van der Waals surface area contributed by atoms with Crippen molar-refractivity contribution in [3.05, 3.63) is 0 Å². The zero-order chi connectivity index (χ0) is 12.1. The minimum atomic E-state index is -1.06. The number of ether oxygens (including phenoxy) is 1. The molecule has 0 saturated carbocycles. The summed E-state index contributed by atoms with van der Waals surface area (Å²) < 4.78 is 5.32. The topological polar surface area (TPSA) is 87.7 Å². The molecular weight excluding hydrogens is 212 g/mol. The second kappa shape index (κ2) is 5.69. The van der Waals surface area contributed by atoms with E-state index in [-0.39, 0.29) is 24.6 Å². The van der Waals surface area contributed by atoms with Crippen LogP contribution in [0.4, 0.5) is 4.79 Å². The molecule has 2 atom stereocenters. The lowest BCUT2D eigenvalue weighted by atomic mass is 10.0. The molecule has 0 spiro atoms. The summed E-state index contributed by atoms with van der Waals surface area (Å²) in [4.78, 5) is 21.9. The van der Waals surface area contributed by atoms with Gasteiger partial charge in [0, 0.05) is 6.04 Å². The molecular formula is C10H18N2O4. The van der Waals surface area contributed by atoms with E-state index in [4.69, 9.17) is 9.84 Å². The molecule has 3 N–H and O–H groups in total. The van der Waals surface area contributed by atoms with Crippen LogP contribution in [0.2, 0.25) is 0 Å². The molecule has 1 heterocycles. The molecule has 0 aliphatic carbocycles. The monoisotopic (exact) mass is 230 g/mol. The Morgan fingerprint density at radius 2 is 2.06 bits per heavy atom. The predicted molar refractivity (Wildman–Crippen MR) is 57.2 cm³/mol. The van der Waals surface area contributed by atoms with Crippen LogP contribution in [0.3, 0.4) is 0 Å². The van der Waals surface area contributed by atoms with E-state index in [0.717, 1.165) is 0 Å². The van der Waals surface area contributed by atoms with Crippen molar-refractivity contribution in [3.63, 3.8) is 0 Å². The second-order valence-corrected chi connectivity index (χ2v) is 4.21. The fraction of sp³-hybridized carbons (Fsp3) is 0.800. The van der Waals surface area contributed by atoms with Gasteiger partial charge in [0.05, 0.1) is 12.6 Å². The third-order valence-corrected chi connectivity index (χ3v) is 2.33. The van der Waals surface area contributed by atoms with Crippen LogP contribution in [0.1, 0.15) is 26.7 Å². The minimum absolute atomic E-state index is 0.0889. The Bertz CT molecular complexity index is 260. The molecule has 0 radical (unpaired) electrons. The Balaban J connectivity index is 2.31. The highest BCUT2D eigenvalue weighted by Gasteiger charge is 2.27. The number of hydrogen-bond donors (Lipinski definition) is 3. The molecule has 6 heteroatoms. The van der Waals surface area contributed by atoms with Crippen molar-refractivity contribution >= 4 is 12.0 Å². The van der Waals surface area contributed by atoms with Crippen LogP contribution in [0.5, 0.6) is 0 Å². The third kappa shape index (κ3) is 4.06. The highest BCUT2D eigenvalue weighted by molar-refractivity contribution is 5.81. The zero-order valence-electron chi connectivity index (χ0n) is 9.53. The maximum atomic E-state index is 11.6. The van der Waals surface area contributed by atoms with E-state index in [1.807, 2.05) is 13.8 Å². The smallest absolute Gasteiger partial charge is 0.404 e. The zero-order valence-corrected chi connectivity index (χ0v) is 9.53. The van der Waals surface area contributed by atoms with Gasteiger partial charge in [-0.2, -0.15) is 0 Å². The average Bonchev–Trinajstić information content (AvgIpc) is 2.16. The largest absolute Gasteiger partial charge is 0.465 e. The number of carboxylic acid groups (broad SMARTS) is 1. The van der Waals surface area contributed by atoms with Crippen LogP contribution in [-0.2, 0) is 9.53 Å². The van der Waals surface area contributed by atoms with E-state index in [2.05, 4.69) is 10.6 Å². The van der Waals surface area contributed by atoms with Gasteiger partial charge in [0.1, 0.15) is 6.10 Å².